The second-order valence-electron chi connectivity index (χ2n) is 9.52. The first kappa shape index (κ1) is 24.8. The molecule has 190 valence electrons. The van der Waals surface area contributed by atoms with Crippen LogP contribution >= 0.6 is 11.6 Å². The molecule has 1 aromatic heterocycles. The molecule has 0 aliphatic carbocycles. The van der Waals surface area contributed by atoms with Gasteiger partial charge in [-0.05, 0) is 61.9 Å². The van der Waals surface area contributed by atoms with Gasteiger partial charge >= 0.3 is 5.97 Å². The van der Waals surface area contributed by atoms with Gasteiger partial charge in [-0.2, -0.15) is 0 Å². The summed E-state index contributed by atoms with van der Waals surface area (Å²) in [5.41, 5.74) is -0.108. The highest BCUT2D eigenvalue weighted by Crippen LogP contribution is 2.33. The Morgan fingerprint density at radius 3 is 2.46 bits per heavy atom. The molecule has 4 aromatic rings. The Balaban J connectivity index is 1.33. The quantitative estimate of drug-likeness (QED) is 0.253. The lowest BCUT2D eigenvalue weighted by Crippen LogP contribution is -2.48. The summed E-state index contributed by atoms with van der Waals surface area (Å²) >= 11 is 6.14. The molecule has 0 spiro atoms. The van der Waals surface area contributed by atoms with E-state index in [2.05, 4.69) is 10.3 Å². The van der Waals surface area contributed by atoms with E-state index in [0.717, 1.165) is 29.2 Å². The largest absolute Gasteiger partial charge is 0.480 e. The number of aromatic nitrogens is 1. The lowest BCUT2D eigenvalue weighted by Gasteiger charge is -2.32. The van der Waals surface area contributed by atoms with Gasteiger partial charge in [0.25, 0.3) is 10.9 Å². The molecule has 5 rings (SSSR count). The van der Waals surface area contributed by atoms with Gasteiger partial charge in [0.1, 0.15) is 28.3 Å². The van der Waals surface area contributed by atoms with Crippen LogP contribution in [-0.2, 0) is 11.2 Å². The number of carboxylic acids is 1. The summed E-state index contributed by atoms with van der Waals surface area (Å²) in [6, 6.07) is 15.5. The van der Waals surface area contributed by atoms with Crippen molar-refractivity contribution in [1.82, 2.24) is 4.98 Å². The Morgan fingerprint density at radius 2 is 1.78 bits per heavy atom. The number of aliphatic carboxylic acids is 1. The molecule has 1 saturated heterocycles. The summed E-state index contributed by atoms with van der Waals surface area (Å²) in [7, 11) is 0. The summed E-state index contributed by atoms with van der Waals surface area (Å²) in [6.07, 6.45) is 1.94. The molecule has 37 heavy (non-hydrogen) atoms. The van der Waals surface area contributed by atoms with E-state index in [4.69, 9.17) is 16.3 Å². The van der Waals surface area contributed by atoms with Crippen molar-refractivity contribution in [2.75, 3.05) is 10.2 Å². The van der Waals surface area contributed by atoms with E-state index in [-0.39, 0.29) is 24.2 Å². The SMILES string of the molecule is CC1CCC(C)N1c1c(NC(Cc2ccc(Oc3nc(Cl)cc4ccccc34)cc2)C(=O)O)c(=O)c1=O. The second-order valence-corrected chi connectivity index (χ2v) is 9.91. The molecule has 8 nitrogen and oxygen atoms in total. The molecule has 0 amide bonds. The monoisotopic (exact) mass is 519 g/mol. The van der Waals surface area contributed by atoms with Crippen LogP contribution < -0.4 is 25.8 Å². The number of halogens is 1. The van der Waals surface area contributed by atoms with Crippen LogP contribution in [0.25, 0.3) is 10.8 Å². The normalized spacial score (nSPS) is 18.3. The van der Waals surface area contributed by atoms with Crippen LogP contribution in [0.3, 0.4) is 0 Å². The molecule has 3 atom stereocenters. The zero-order valence-corrected chi connectivity index (χ0v) is 21.2. The standard InChI is InChI=1S/C28H26ClN3O5/c1-15-7-8-16(2)32(15)24-23(25(33)26(24)34)30-21(28(35)36)13-17-9-11-19(12-10-17)37-27-20-6-4-3-5-18(20)14-22(29)31-27/h3-6,9-12,14-16,21,30H,7-8,13H2,1-2H3,(H,35,36). The number of anilines is 2. The third-order valence-electron chi connectivity index (χ3n) is 6.96. The Labute approximate surface area is 218 Å². The number of hydrogen-bond acceptors (Lipinski definition) is 7. The maximum Gasteiger partial charge on any atom is 0.326 e. The molecule has 0 radical (unpaired) electrons. The first-order valence-electron chi connectivity index (χ1n) is 12.2. The van der Waals surface area contributed by atoms with Gasteiger partial charge in [0.05, 0.1) is 0 Å². The summed E-state index contributed by atoms with van der Waals surface area (Å²) in [4.78, 5) is 43.0. The number of carbonyl (C=O) groups is 1. The third-order valence-corrected chi connectivity index (χ3v) is 7.16. The van der Waals surface area contributed by atoms with Crippen molar-refractivity contribution >= 4 is 39.7 Å². The molecule has 3 unspecified atom stereocenters. The molecule has 0 saturated carbocycles. The number of pyridine rings is 1. The van der Waals surface area contributed by atoms with Gasteiger partial charge in [0, 0.05) is 23.9 Å². The Kier molecular flexibility index (Phi) is 6.60. The minimum Gasteiger partial charge on any atom is -0.480 e. The fourth-order valence-electron chi connectivity index (χ4n) is 5.02. The molecule has 2 N–H and O–H groups in total. The first-order chi connectivity index (χ1) is 17.7. The van der Waals surface area contributed by atoms with Crippen LogP contribution in [0, 0.1) is 0 Å². The first-order valence-corrected chi connectivity index (χ1v) is 12.5. The summed E-state index contributed by atoms with van der Waals surface area (Å²) in [5, 5.41) is 14.7. The third kappa shape index (κ3) is 4.76. The van der Waals surface area contributed by atoms with Crippen molar-refractivity contribution in [3.05, 3.63) is 85.8 Å². The highest BCUT2D eigenvalue weighted by Gasteiger charge is 2.36. The number of ether oxygens (including phenoxy) is 1. The zero-order chi connectivity index (χ0) is 26.3. The van der Waals surface area contributed by atoms with Crippen molar-refractivity contribution < 1.29 is 14.6 Å². The molecule has 0 bridgehead atoms. The molecule has 1 fully saturated rings. The second kappa shape index (κ2) is 9.86. The predicted octanol–water partition coefficient (Wildman–Crippen LogP) is 4.76. The van der Waals surface area contributed by atoms with E-state index < -0.39 is 22.9 Å². The lowest BCUT2D eigenvalue weighted by molar-refractivity contribution is -0.137. The van der Waals surface area contributed by atoms with Gasteiger partial charge in [-0.15, -0.1) is 0 Å². The van der Waals surface area contributed by atoms with Gasteiger partial charge in [-0.3, -0.25) is 9.59 Å². The number of hydrogen-bond donors (Lipinski definition) is 2. The highest BCUT2D eigenvalue weighted by atomic mass is 35.5. The van der Waals surface area contributed by atoms with Crippen LogP contribution in [0.15, 0.2) is 64.2 Å². The maximum absolute atomic E-state index is 12.4. The minimum atomic E-state index is -1.11. The van der Waals surface area contributed by atoms with Crippen molar-refractivity contribution in [2.24, 2.45) is 0 Å². The van der Waals surface area contributed by atoms with E-state index in [9.17, 15) is 19.5 Å². The van der Waals surface area contributed by atoms with E-state index >= 15 is 0 Å². The number of nitrogens with one attached hydrogen (secondary N) is 1. The molecule has 9 heteroatoms. The average Bonchev–Trinajstić information content (AvgIpc) is 3.20. The minimum absolute atomic E-state index is 0.0943. The van der Waals surface area contributed by atoms with Crippen LogP contribution in [0.1, 0.15) is 32.3 Å². The van der Waals surface area contributed by atoms with Gasteiger partial charge in [-0.25, -0.2) is 9.78 Å². The Morgan fingerprint density at radius 1 is 1.11 bits per heavy atom. The van der Waals surface area contributed by atoms with E-state index in [1.165, 1.54) is 0 Å². The maximum atomic E-state index is 12.4. The number of rotatable bonds is 8. The number of carboxylic acid groups (broad SMARTS) is 1. The van der Waals surface area contributed by atoms with Crippen LogP contribution in [0.4, 0.5) is 11.4 Å². The van der Waals surface area contributed by atoms with Crippen molar-refractivity contribution in [3.8, 4) is 11.6 Å². The highest BCUT2D eigenvalue weighted by molar-refractivity contribution is 6.30. The summed E-state index contributed by atoms with van der Waals surface area (Å²) in [6.45, 7) is 4.01. The van der Waals surface area contributed by atoms with Gasteiger partial charge < -0.3 is 20.1 Å². The van der Waals surface area contributed by atoms with Crippen LogP contribution in [0.5, 0.6) is 11.6 Å². The number of nitrogens with zero attached hydrogens (tertiary/aromatic N) is 2. The topological polar surface area (TPSA) is 109 Å². The molecule has 1 aliphatic heterocycles. The van der Waals surface area contributed by atoms with Crippen molar-refractivity contribution in [1.29, 1.82) is 0 Å². The van der Waals surface area contributed by atoms with Gasteiger partial charge in [0.2, 0.25) is 5.88 Å². The van der Waals surface area contributed by atoms with Crippen LogP contribution in [0.2, 0.25) is 5.15 Å². The summed E-state index contributed by atoms with van der Waals surface area (Å²) < 4.78 is 5.97. The Bertz CT molecular complexity index is 1530. The molecular formula is C28H26ClN3O5. The average molecular weight is 520 g/mol. The Hall–Kier alpha value is -3.91. The van der Waals surface area contributed by atoms with Crippen LogP contribution in [-0.4, -0.2) is 34.2 Å². The molecule has 3 aromatic carbocycles. The van der Waals surface area contributed by atoms with Crippen molar-refractivity contribution in [3.63, 3.8) is 0 Å². The molecular weight excluding hydrogens is 494 g/mol. The molecule has 1 aliphatic rings. The van der Waals surface area contributed by atoms with E-state index in [1.807, 2.05) is 43.0 Å². The zero-order valence-electron chi connectivity index (χ0n) is 20.4. The summed E-state index contributed by atoms with van der Waals surface area (Å²) in [5.74, 6) is -0.222. The smallest absolute Gasteiger partial charge is 0.326 e. The fourth-order valence-corrected chi connectivity index (χ4v) is 5.22. The van der Waals surface area contributed by atoms with Crippen molar-refractivity contribution in [2.45, 2.75) is 51.2 Å². The number of benzene rings is 2. The lowest BCUT2D eigenvalue weighted by atomic mass is 10.0. The molecule has 2 heterocycles. The van der Waals surface area contributed by atoms with Gasteiger partial charge in [-0.1, -0.05) is 41.9 Å². The van der Waals surface area contributed by atoms with E-state index in [0.29, 0.717) is 22.5 Å². The predicted molar refractivity (Wildman–Crippen MR) is 144 cm³/mol. The number of fused-ring (bicyclic) bond motifs is 1. The van der Waals surface area contributed by atoms with Gasteiger partial charge in [0.15, 0.2) is 0 Å². The van der Waals surface area contributed by atoms with E-state index in [1.54, 1.807) is 30.3 Å². The fraction of sp³-hybridized carbons (Fsp3) is 0.286.